The normalized spacial score (nSPS) is 15.7. The maximum absolute atomic E-state index is 4.71. The first-order valence-corrected chi connectivity index (χ1v) is 7.95. The van der Waals surface area contributed by atoms with Crippen molar-refractivity contribution in [2.24, 2.45) is 0 Å². The number of hydrogen-bond donors (Lipinski definition) is 1. The Labute approximate surface area is 126 Å². The number of H-pyrrole nitrogens is 1. The molecule has 0 amide bonds. The van der Waals surface area contributed by atoms with E-state index in [1.807, 2.05) is 16.9 Å². The van der Waals surface area contributed by atoms with Crippen molar-refractivity contribution in [3.05, 3.63) is 29.3 Å². The predicted molar refractivity (Wildman–Crippen MR) is 82.9 cm³/mol. The highest BCUT2D eigenvalue weighted by Gasteiger charge is 2.23. The van der Waals surface area contributed by atoms with Gasteiger partial charge in [0.2, 0.25) is 10.1 Å². The Balaban J connectivity index is 1.65. The number of aromatic nitrogens is 5. The lowest BCUT2D eigenvalue weighted by molar-refractivity contribution is 0.572. The van der Waals surface area contributed by atoms with Gasteiger partial charge in [0.1, 0.15) is 0 Å². The second kappa shape index (κ2) is 4.30. The first kappa shape index (κ1) is 12.8. The Bertz CT molecular complexity index is 758. The molecule has 6 nitrogen and oxygen atoms in total. The predicted octanol–water partition coefficient (Wildman–Crippen LogP) is 2.37. The van der Waals surface area contributed by atoms with Crippen LogP contribution in [0.4, 0.5) is 5.13 Å². The van der Waals surface area contributed by atoms with Gasteiger partial charge in [-0.1, -0.05) is 32.1 Å². The Morgan fingerprint density at radius 1 is 1.33 bits per heavy atom. The SMILES string of the molecule is CC(C)(C)c1cn2nc(N3CCc4[nH]ncc4C3)sc2n1. The molecule has 0 unspecified atom stereocenters. The molecule has 1 aliphatic heterocycles. The monoisotopic (exact) mass is 302 g/mol. The lowest BCUT2D eigenvalue weighted by atomic mass is 9.93. The van der Waals surface area contributed by atoms with Gasteiger partial charge in [0.15, 0.2) is 0 Å². The van der Waals surface area contributed by atoms with Crippen LogP contribution in [0.1, 0.15) is 37.7 Å². The molecule has 1 aliphatic rings. The zero-order valence-corrected chi connectivity index (χ0v) is 13.2. The van der Waals surface area contributed by atoms with Gasteiger partial charge < -0.3 is 4.90 Å². The molecule has 7 heteroatoms. The number of imidazole rings is 1. The van der Waals surface area contributed by atoms with Crippen molar-refractivity contribution in [1.29, 1.82) is 0 Å². The van der Waals surface area contributed by atoms with Crippen LogP contribution in [0.25, 0.3) is 4.96 Å². The van der Waals surface area contributed by atoms with Crippen LogP contribution in [0.2, 0.25) is 0 Å². The fraction of sp³-hybridized carbons (Fsp3) is 0.500. The third-order valence-electron chi connectivity index (χ3n) is 3.87. The maximum atomic E-state index is 4.71. The molecule has 0 saturated carbocycles. The number of fused-ring (bicyclic) bond motifs is 2. The van der Waals surface area contributed by atoms with E-state index in [1.165, 1.54) is 11.3 Å². The van der Waals surface area contributed by atoms with Crippen LogP contribution in [-0.2, 0) is 18.4 Å². The van der Waals surface area contributed by atoms with Crippen molar-refractivity contribution in [1.82, 2.24) is 24.8 Å². The molecular weight excluding hydrogens is 284 g/mol. The molecule has 0 saturated heterocycles. The maximum Gasteiger partial charge on any atom is 0.214 e. The summed E-state index contributed by atoms with van der Waals surface area (Å²) in [5.74, 6) is 0. The summed E-state index contributed by atoms with van der Waals surface area (Å²) in [4.78, 5) is 7.97. The van der Waals surface area contributed by atoms with Crippen molar-refractivity contribution in [2.75, 3.05) is 11.4 Å². The van der Waals surface area contributed by atoms with E-state index in [0.29, 0.717) is 0 Å². The zero-order valence-electron chi connectivity index (χ0n) is 12.4. The summed E-state index contributed by atoms with van der Waals surface area (Å²) in [7, 11) is 0. The van der Waals surface area contributed by atoms with Crippen LogP contribution >= 0.6 is 11.3 Å². The van der Waals surface area contributed by atoms with Crippen LogP contribution in [0.5, 0.6) is 0 Å². The topological polar surface area (TPSA) is 62.1 Å². The van der Waals surface area contributed by atoms with Gasteiger partial charge in [-0.3, -0.25) is 5.10 Å². The van der Waals surface area contributed by atoms with Gasteiger partial charge in [0.25, 0.3) is 0 Å². The molecule has 4 rings (SSSR count). The molecule has 0 atom stereocenters. The van der Waals surface area contributed by atoms with Crippen molar-refractivity contribution < 1.29 is 0 Å². The van der Waals surface area contributed by atoms with Gasteiger partial charge in [0.05, 0.1) is 18.1 Å². The smallest absolute Gasteiger partial charge is 0.214 e. The summed E-state index contributed by atoms with van der Waals surface area (Å²) in [5, 5.41) is 12.9. The molecule has 0 aliphatic carbocycles. The Morgan fingerprint density at radius 3 is 2.95 bits per heavy atom. The average molecular weight is 302 g/mol. The van der Waals surface area contributed by atoms with Crippen molar-refractivity contribution in [3.63, 3.8) is 0 Å². The molecule has 0 fully saturated rings. The van der Waals surface area contributed by atoms with E-state index in [1.54, 1.807) is 11.3 Å². The second-order valence-corrected chi connectivity index (χ2v) is 7.47. The lowest BCUT2D eigenvalue weighted by Crippen LogP contribution is -2.29. The van der Waals surface area contributed by atoms with Crippen LogP contribution in [0, 0.1) is 0 Å². The summed E-state index contributed by atoms with van der Waals surface area (Å²) >= 11 is 1.65. The standard InChI is InChI=1S/C14H18N6S/c1-14(2,3)11-8-20-12(16-11)21-13(18-20)19-5-4-10-9(7-19)6-15-17-10/h6,8H,4-5,7H2,1-3H3,(H,15,17). The molecule has 21 heavy (non-hydrogen) atoms. The summed E-state index contributed by atoms with van der Waals surface area (Å²) in [5.41, 5.74) is 3.67. The van der Waals surface area contributed by atoms with Gasteiger partial charge in [-0.2, -0.15) is 5.10 Å². The molecule has 0 bridgehead atoms. The molecule has 0 spiro atoms. The first-order valence-electron chi connectivity index (χ1n) is 7.13. The second-order valence-electron chi connectivity index (χ2n) is 6.53. The summed E-state index contributed by atoms with van der Waals surface area (Å²) in [6, 6.07) is 0. The van der Waals surface area contributed by atoms with Crippen LogP contribution in [0.3, 0.4) is 0 Å². The van der Waals surface area contributed by atoms with Gasteiger partial charge >= 0.3 is 0 Å². The number of rotatable bonds is 1. The number of anilines is 1. The van der Waals surface area contributed by atoms with Crippen LogP contribution < -0.4 is 4.90 Å². The van der Waals surface area contributed by atoms with E-state index < -0.39 is 0 Å². The highest BCUT2D eigenvalue weighted by Crippen LogP contribution is 2.30. The zero-order chi connectivity index (χ0) is 14.6. The van der Waals surface area contributed by atoms with Crippen molar-refractivity contribution in [3.8, 4) is 0 Å². The van der Waals surface area contributed by atoms with E-state index in [4.69, 9.17) is 10.1 Å². The van der Waals surface area contributed by atoms with E-state index in [9.17, 15) is 0 Å². The minimum atomic E-state index is 0.0599. The molecule has 0 radical (unpaired) electrons. The number of hydrogen-bond acceptors (Lipinski definition) is 5. The largest absolute Gasteiger partial charge is 0.342 e. The highest BCUT2D eigenvalue weighted by molar-refractivity contribution is 7.20. The van der Waals surface area contributed by atoms with Gasteiger partial charge in [0, 0.05) is 36.2 Å². The Hall–Kier alpha value is -1.89. The molecule has 3 aromatic heterocycles. The van der Waals surface area contributed by atoms with Crippen molar-refractivity contribution >= 4 is 21.4 Å². The minimum absolute atomic E-state index is 0.0599. The molecule has 1 N–H and O–H groups in total. The average Bonchev–Trinajstić information content (AvgIpc) is 3.10. The number of aromatic amines is 1. The molecule has 110 valence electrons. The van der Waals surface area contributed by atoms with Crippen molar-refractivity contribution in [2.45, 2.75) is 39.2 Å². The molecule has 4 heterocycles. The number of nitrogens with one attached hydrogen (secondary N) is 1. The third kappa shape index (κ3) is 2.12. The third-order valence-corrected chi connectivity index (χ3v) is 4.86. The van der Waals surface area contributed by atoms with Gasteiger partial charge in [-0.25, -0.2) is 9.50 Å². The quantitative estimate of drug-likeness (QED) is 0.749. The summed E-state index contributed by atoms with van der Waals surface area (Å²) in [6.07, 6.45) is 4.95. The Kier molecular flexibility index (Phi) is 2.63. The lowest BCUT2D eigenvalue weighted by Gasteiger charge is -2.25. The van der Waals surface area contributed by atoms with E-state index in [0.717, 1.165) is 35.3 Å². The number of nitrogens with zero attached hydrogens (tertiary/aromatic N) is 5. The summed E-state index contributed by atoms with van der Waals surface area (Å²) in [6.45, 7) is 8.36. The van der Waals surface area contributed by atoms with Gasteiger partial charge in [-0.15, -0.1) is 5.10 Å². The summed E-state index contributed by atoms with van der Waals surface area (Å²) < 4.78 is 1.91. The fourth-order valence-corrected chi connectivity index (χ4v) is 3.47. The Morgan fingerprint density at radius 2 is 2.19 bits per heavy atom. The van der Waals surface area contributed by atoms with E-state index >= 15 is 0 Å². The molecular formula is C14H18N6S. The van der Waals surface area contributed by atoms with Crippen LogP contribution in [0.15, 0.2) is 12.4 Å². The van der Waals surface area contributed by atoms with E-state index in [2.05, 4.69) is 35.9 Å². The van der Waals surface area contributed by atoms with E-state index in [-0.39, 0.29) is 5.41 Å². The fourth-order valence-electron chi connectivity index (χ4n) is 2.56. The molecule has 3 aromatic rings. The highest BCUT2D eigenvalue weighted by atomic mass is 32.1. The first-order chi connectivity index (χ1) is 10.0. The molecule has 0 aromatic carbocycles. The van der Waals surface area contributed by atoms with Gasteiger partial charge in [-0.05, 0) is 0 Å². The van der Waals surface area contributed by atoms with Crippen LogP contribution in [-0.4, -0.2) is 31.3 Å². The minimum Gasteiger partial charge on any atom is -0.342 e.